The second-order valence-electron chi connectivity index (χ2n) is 5.52. The molecule has 1 amide bonds. The van der Waals surface area contributed by atoms with Crippen LogP contribution in [-0.2, 0) is 6.54 Å². The molecule has 8 heteroatoms. The van der Waals surface area contributed by atoms with Gasteiger partial charge in [0.15, 0.2) is 5.13 Å². The van der Waals surface area contributed by atoms with E-state index in [1.165, 1.54) is 11.3 Å². The lowest BCUT2D eigenvalue weighted by atomic mass is 10.2. The number of carbonyl (C=O) groups is 1. The van der Waals surface area contributed by atoms with Crippen molar-refractivity contribution in [1.29, 1.82) is 0 Å². The van der Waals surface area contributed by atoms with Crippen molar-refractivity contribution < 1.29 is 9.53 Å². The van der Waals surface area contributed by atoms with Crippen LogP contribution < -0.4 is 15.4 Å². The lowest BCUT2D eigenvalue weighted by Gasteiger charge is -2.13. The molecule has 0 radical (unpaired) electrons. The standard InChI is InChI=1S/C17H18N4O2S2/c1-11(2)23-15-8-13(16(22)21-17-18-4-6-25-17)7-14(20-15)19-9-12-3-5-24-10-12/h3-8,10-11H,9H2,1-2H3,(H,19,20)(H,18,21,22). The molecule has 0 atom stereocenters. The van der Waals surface area contributed by atoms with Gasteiger partial charge in [-0.25, -0.2) is 4.98 Å². The van der Waals surface area contributed by atoms with Crippen LogP contribution in [0.4, 0.5) is 10.9 Å². The minimum absolute atomic E-state index is 0.0329. The van der Waals surface area contributed by atoms with Gasteiger partial charge in [0.2, 0.25) is 5.88 Å². The third kappa shape index (κ3) is 5.01. The van der Waals surface area contributed by atoms with Gasteiger partial charge in [-0.2, -0.15) is 16.3 Å². The Labute approximate surface area is 153 Å². The average molecular weight is 374 g/mol. The Kier molecular flexibility index (Phi) is 5.62. The molecule has 6 nitrogen and oxygen atoms in total. The predicted octanol–water partition coefficient (Wildman–Crippen LogP) is 4.25. The average Bonchev–Trinajstić information content (AvgIpc) is 3.25. The molecule has 3 rings (SSSR count). The smallest absolute Gasteiger partial charge is 0.257 e. The van der Waals surface area contributed by atoms with Crippen LogP contribution in [0.5, 0.6) is 5.88 Å². The largest absolute Gasteiger partial charge is 0.475 e. The van der Waals surface area contributed by atoms with Crippen LogP contribution in [0.2, 0.25) is 0 Å². The summed E-state index contributed by atoms with van der Waals surface area (Å²) in [5.74, 6) is 0.757. The van der Waals surface area contributed by atoms with Crippen molar-refractivity contribution in [1.82, 2.24) is 9.97 Å². The minimum Gasteiger partial charge on any atom is -0.475 e. The first-order valence-electron chi connectivity index (χ1n) is 7.74. The van der Waals surface area contributed by atoms with E-state index in [0.717, 1.165) is 5.56 Å². The first-order valence-corrected chi connectivity index (χ1v) is 9.57. The zero-order valence-electron chi connectivity index (χ0n) is 13.9. The quantitative estimate of drug-likeness (QED) is 0.646. The lowest BCUT2D eigenvalue weighted by molar-refractivity contribution is 0.102. The SMILES string of the molecule is CC(C)Oc1cc(C(=O)Nc2nccs2)cc(NCc2ccsc2)n1. The number of nitrogens with zero attached hydrogens (tertiary/aromatic N) is 2. The van der Waals surface area contributed by atoms with Gasteiger partial charge in [0.1, 0.15) is 5.82 Å². The van der Waals surface area contributed by atoms with Crippen molar-refractivity contribution in [3.8, 4) is 5.88 Å². The van der Waals surface area contributed by atoms with Crippen LogP contribution in [0.15, 0.2) is 40.5 Å². The van der Waals surface area contributed by atoms with Crippen LogP contribution in [0, 0.1) is 0 Å². The van der Waals surface area contributed by atoms with E-state index in [4.69, 9.17) is 4.74 Å². The Bertz CT molecular complexity index is 817. The number of hydrogen-bond acceptors (Lipinski definition) is 7. The highest BCUT2D eigenvalue weighted by Crippen LogP contribution is 2.20. The summed E-state index contributed by atoms with van der Waals surface area (Å²) in [6, 6.07) is 5.39. The van der Waals surface area contributed by atoms with Gasteiger partial charge in [-0.3, -0.25) is 10.1 Å². The zero-order valence-corrected chi connectivity index (χ0v) is 15.5. The molecule has 0 bridgehead atoms. The van der Waals surface area contributed by atoms with Crippen molar-refractivity contribution in [2.75, 3.05) is 10.6 Å². The monoisotopic (exact) mass is 374 g/mol. The van der Waals surface area contributed by atoms with Crippen LogP contribution in [0.1, 0.15) is 29.8 Å². The summed E-state index contributed by atoms with van der Waals surface area (Å²) in [6.07, 6.45) is 1.61. The molecule has 3 aromatic rings. The van der Waals surface area contributed by atoms with Crippen molar-refractivity contribution in [3.63, 3.8) is 0 Å². The van der Waals surface area contributed by atoms with E-state index in [0.29, 0.717) is 28.9 Å². The van der Waals surface area contributed by atoms with Crippen LogP contribution in [0.3, 0.4) is 0 Å². The molecule has 2 N–H and O–H groups in total. The number of ether oxygens (including phenoxy) is 1. The van der Waals surface area contributed by atoms with E-state index >= 15 is 0 Å². The number of carbonyl (C=O) groups excluding carboxylic acids is 1. The molecule has 0 aliphatic carbocycles. The number of hydrogen-bond donors (Lipinski definition) is 2. The van der Waals surface area contributed by atoms with Gasteiger partial charge in [0.25, 0.3) is 5.91 Å². The Morgan fingerprint density at radius 2 is 2.20 bits per heavy atom. The van der Waals surface area contributed by atoms with Crippen molar-refractivity contribution in [2.24, 2.45) is 0 Å². The van der Waals surface area contributed by atoms with Crippen LogP contribution in [-0.4, -0.2) is 22.0 Å². The van der Waals surface area contributed by atoms with Gasteiger partial charge >= 0.3 is 0 Å². The second-order valence-corrected chi connectivity index (χ2v) is 7.20. The normalized spacial score (nSPS) is 10.7. The maximum Gasteiger partial charge on any atom is 0.257 e. The number of rotatable bonds is 7. The molecule has 3 aromatic heterocycles. The maximum atomic E-state index is 12.5. The topological polar surface area (TPSA) is 76.1 Å². The molecule has 0 saturated carbocycles. The van der Waals surface area contributed by atoms with E-state index < -0.39 is 0 Å². The third-order valence-corrected chi connectivity index (χ3v) is 4.55. The van der Waals surface area contributed by atoms with E-state index in [1.54, 1.807) is 29.7 Å². The van der Waals surface area contributed by atoms with Crippen LogP contribution in [0.25, 0.3) is 0 Å². The number of aromatic nitrogens is 2. The highest BCUT2D eigenvalue weighted by molar-refractivity contribution is 7.13. The zero-order chi connectivity index (χ0) is 17.6. The summed E-state index contributed by atoms with van der Waals surface area (Å²) in [5, 5.41) is 12.5. The van der Waals surface area contributed by atoms with Gasteiger partial charge in [-0.1, -0.05) is 0 Å². The summed E-state index contributed by atoms with van der Waals surface area (Å²) in [5.41, 5.74) is 1.63. The third-order valence-electron chi connectivity index (χ3n) is 3.13. The predicted molar refractivity (Wildman–Crippen MR) is 102 cm³/mol. The Morgan fingerprint density at radius 3 is 2.88 bits per heavy atom. The highest BCUT2D eigenvalue weighted by Gasteiger charge is 2.13. The Hall–Kier alpha value is -2.45. The van der Waals surface area contributed by atoms with E-state index in [1.807, 2.05) is 30.7 Å². The fourth-order valence-electron chi connectivity index (χ4n) is 2.07. The molecule has 0 aliphatic rings. The van der Waals surface area contributed by atoms with Crippen molar-refractivity contribution >= 4 is 39.5 Å². The van der Waals surface area contributed by atoms with E-state index in [9.17, 15) is 4.79 Å². The summed E-state index contributed by atoms with van der Waals surface area (Å²) in [6.45, 7) is 4.47. The van der Waals surface area contributed by atoms with Crippen molar-refractivity contribution in [3.05, 3.63) is 51.7 Å². The van der Waals surface area contributed by atoms with Gasteiger partial charge in [0, 0.05) is 29.8 Å². The lowest BCUT2D eigenvalue weighted by Crippen LogP contribution is -2.14. The van der Waals surface area contributed by atoms with Crippen LogP contribution >= 0.6 is 22.7 Å². The summed E-state index contributed by atoms with van der Waals surface area (Å²) in [7, 11) is 0. The summed E-state index contributed by atoms with van der Waals surface area (Å²) < 4.78 is 5.68. The first-order chi connectivity index (χ1) is 12.1. The number of nitrogens with one attached hydrogen (secondary N) is 2. The molecular formula is C17H18N4O2S2. The molecular weight excluding hydrogens is 356 g/mol. The minimum atomic E-state index is -0.246. The molecule has 0 spiro atoms. The van der Waals surface area contributed by atoms with E-state index in [2.05, 4.69) is 26.0 Å². The Balaban J connectivity index is 1.79. The van der Waals surface area contributed by atoms with Gasteiger partial charge in [-0.05, 0) is 42.3 Å². The van der Waals surface area contributed by atoms with Gasteiger partial charge < -0.3 is 10.1 Å². The molecule has 3 heterocycles. The molecule has 0 fully saturated rings. The number of anilines is 2. The van der Waals surface area contributed by atoms with Crippen molar-refractivity contribution in [2.45, 2.75) is 26.5 Å². The molecule has 130 valence electrons. The summed E-state index contributed by atoms with van der Waals surface area (Å²) in [4.78, 5) is 21.0. The van der Waals surface area contributed by atoms with Gasteiger partial charge in [0.05, 0.1) is 6.10 Å². The van der Waals surface area contributed by atoms with Gasteiger partial charge in [-0.15, -0.1) is 11.3 Å². The number of thiazole rings is 1. The second kappa shape index (κ2) is 8.09. The first kappa shape index (κ1) is 17.4. The molecule has 0 aromatic carbocycles. The maximum absolute atomic E-state index is 12.5. The molecule has 0 unspecified atom stereocenters. The van der Waals surface area contributed by atoms with E-state index in [-0.39, 0.29) is 12.0 Å². The highest BCUT2D eigenvalue weighted by atomic mass is 32.1. The molecule has 0 aliphatic heterocycles. The Morgan fingerprint density at radius 1 is 1.32 bits per heavy atom. The molecule has 0 saturated heterocycles. The summed E-state index contributed by atoms with van der Waals surface area (Å²) >= 11 is 3.01. The number of thiophene rings is 1. The molecule has 25 heavy (non-hydrogen) atoms. The number of pyridine rings is 1. The number of amides is 1. The fourth-order valence-corrected chi connectivity index (χ4v) is 3.26. The fraction of sp³-hybridized carbons (Fsp3) is 0.235.